The fraction of sp³-hybridized carbons (Fsp3) is 0.357. The third-order valence-electron chi connectivity index (χ3n) is 3.11. The predicted octanol–water partition coefficient (Wildman–Crippen LogP) is 1.69. The van der Waals surface area contributed by atoms with Crippen molar-refractivity contribution in [2.75, 3.05) is 5.32 Å². The van der Waals surface area contributed by atoms with Gasteiger partial charge in [0.25, 0.3) is 0 Å². The van der Waals surface area contributed by atoms with Crippen molar-refractivity contribution in [1.82, 2.24) is 15.2 Å². The average Bonchev–Trinajstić information content (AvgIpc) is 2.95. The van der Waals surface area contributed by atoms with Crippen molar-refractivity contribution in [3.05, 3.63) is 30.1 Å². The van der Waals surface area contributed by atoms with Crippen LogP contribution in [0.1, 0.15) is 32.5 Å². The minimum Gasteiger partial charge on any atom is -0.325 e. The molecule has 1 heterocycles. The Morgan fingerprint density at radius 1 is 1.33 bits per heavy atom. The zero-order valence-electron chi connectivity index (χ0n) is 13.5. The van der Waals surface area contributed by atoms with Crippen LogP contribution in [0, 0.1) is 0 Å². The quantitative estimate of drug-likeness (QED) is 0.664. The fourth-order valence-corrected chi connectivity index (χ4v) is 3.07. The van der Waals surface area contributed by atoms with Crippen molar-refractivity contribution in [2.24, 2.45) is 5.14 Å². The first-order chi connectivity index (χ1) is 11.2. The molecule has 1 atom stereocenters. The molecule has 24 heavy (non-hydrogen) atoms. The molecule has 130 valence electrons. The van der Waals surface area contributed by atoms with Gasteiger partial charge in [0.1, 0.15) is 5.82 Å². The van der Waals surface area contributed by atoms with Gasteiger partial charge in [-0.25, -0.2) is 18.5 Å². The van der Waals surface area contributed by atoms with Crippen molar-refractivity contribution >= 4 is 33.4 Å². The van der Waals surface area contributed by atoms with E-state index in [9.17, 15) is 13.2 Å². The van der Waals surface area contributed by atoms with Gasteiger partial charge in [-0.1, -0.05) is 31.7 Å². The molecule has 2 rings (SSSR count). The molecule has 10 heteroatoms. The molecule has 0 spiro atoms. The Kier molecular flexibility index (Phi) is 5.62. The highest BCUT2D eigenvalue weighted by atomic mass is 32.2. The summed E-state index contributed by atoms with van der Waals surface area (Å²) in [5.41, 5.74) is 0.358. The molecular weight excluding hydrogens is 350 g/mol. The summed E-state index contributed by atoms with van der Waals surface area (Å²) >= 11 is 1.21. The Balaban J connectivity index is 2.03. The van der Waals surface area contributed by atoms with E-state index in [1.807, 2.05) is 13.8 Å². The molecule has 8 nitrogen and oxygen atoms in total. The van der Waals surface area contributed by atoms with Gasteiger partial charge < -0.3 is 5.32 Å². The second kappa shape index (κ2) is 7.32. The number of rotatable bonds is 6. The van der Waals surface area contributed by atoms with E-state index in [1.54, 1.807) is 13.0 Å². The number of aromatic amines is 1. The number of amides is 1. The number of benzene rings is 1. The van der Waals surface area contributed by atoms with Gasteiger partial charge in [0.05, 0.1) is 10.1 Å². The molecule has 0 saturated carbocycles. The lowest BCUT2D eigenvalue weighted by atomic mass is 10.2. The van der Waals surface area contributed by atoms with Crippen LogP contribution >= 0.6 is 11.8 Å². The number of nitrogens with two attached hydrogens (primary N) is 1. The normalized spacial score (nSPS) is 13.0. The minimum absolute atomic E-state index is 0.0591. The van der Waals surface area contributed by atoms with E-state index in [2.05, 4.69) is 20.5 Å². The number of primary sulfonamides is 1. The maximum Gasteiger partial charge on any atom is 0.238 e. The van der Waals surface area contributed by atoms with Gasteiger partial charge in [0.2, 0.25) is 21.1 Å². The van der Waals surface area contributed by atoms with E-state index >= 15 is 0 Å². The van der Waals surface area contributed by atoms with Gasteiger partial charge in [0, 0.05) is 11.6 Å². The van der Waals surface area contributed by atoms with Gasteiger partial charge in [-0.15, -0.1) is 5.10 Å². The first kappa shape index (κ1) is 18.4. The van der Waals surface area contributed by atoms with Crippen LogP contribution in [0.3, 0.4) is 0 Å². The molecule has 1 amide bonds. The highest BCUT2D eigenvalue weighted by molar-refractivity contribution is 8.00. The van der Waals surface area contributed by atoms with Crippen molar-refractivity contribution < 1.29 is 13.2 Å². The summed E-state index contributed by atoms with van der Waals surface area (Å²) in [6, 6.07) is 5.78. The molecule has 4 N–H and O–H groups in total. The Morgan fingerprint density at radius 3 is 2.62 bits per heavy atom. The Morgan fingerprint density at radius 2 is 2.04 bits per heavy atom. The number of sulfonamides is 1. The second-order valence-electron chi connectivity index (χ2n) is 5.48. The van der Waals surface area contributed by atoms with Gasteiger partial charge in [-0.3, -0.25) is 9.89 Å². The standard InChI is InChI=1S/C14H19N5O3S2/c1-8(2)12-17-14(19-18-12)23-9(3)13(20)16-10-5-4-6-11(7-10)24(15,21)22/h4-9H,1-3H3,(H,16,20)(H2,15,21,22)(H,17,18,19). The molecule has 1 aromatic heterocycles. The first-order valence-electron chi connectivity index (χ1n) is 7.19. The number of anilines is 1. The molecule has 2 aromatic rings. The van der Waals surface area contributed by atoms with Crippen LogP contribution in [0.25, 0.3) is 0 Å². The summed E-state index contributed by atoms with van der Waals surface area (Å²) in [4.78, 5) is 16.5. The molecule has 0 aliphatic heterocycles. The summed E-state index contributed by atoms with van der Waals surface area (Å²) in [5, 5.41) is 14.7. The molecule has 0 aliphatic carbocycles. The summed E-state index contributed by atoms with van der Waals surface area (Å²) in [7, 11) is -3.82. The lowest BCUT2D eigenvalue weighted by Crippen LogP contribution is -2.23. The van der Waals surface area contributed by atoms with E-state index in [4.69, 9.17) is 5.14 Å². The molecule has 0 radical (unpaired) electrons. The molecule has 1 aromatic carbocycles. The smallest absolute Gasteiger partial charge is 0.238 e. The van der Waals surface area contributed by atoms with Crippen molar-refractivity contribution in [1.29, 1.82) is 0 Å². The Labute approximate surface area is 144 Å². The van der Waals surface area contributed by atoms with Crippen LogP contribution in [0.15, 0.2) is 34.3 Å². The summed E-state index contributed by atoms with van der Waals surface area (Å²) in [6.07, 6.45) is 0. The van der Waals surface area contributed by atoms with E-state index in [1.165, 1.54) is 30.0 Å². The fourth-order valence-electron chi connectivity index (χ4n) is 1.78. The summed E-state index contributed by atoms with van der Waals surface area (Å²) in [6.45, 7) is 5.70. The molecule has 0 aliphatic rings. The number of aromatic nitrogens is 3. The average molecular weight is 369 g/mol. The van der Waals surface area contributed by atoms with Crippen LogP contribution in [0.2, 0.25) is 0 Å². The minimum atomic E-state index is -3.82. The maximum atomic E-state index is 12.2. The third kappa shape index (κ3) is 4.79. The maximum absolute atomic E-state index is 12.2. The lowest BCUT2D eigenvalue weighted by molar-refractivity contribution is -0.115. The molecule has 0 fully saturated rings. The summed E-state index contributed by atoms with van der Waals surface area (Å²) < 4.78 is 22.7. The number of nitrogens with zero attached hydrogens (tertiary/aromatic N) is 2. The summed E-state index contributed by atoms with van der Waals surface area (Å²) in [5.74, 6) is 0.686. The van der Waals surface area contributed by atoms with Crippen LogP contribution in [0.5, 0.6) is 0 Å². The number of thioether (sulfide) groups is 1. The molecular formula is C14H19N5O3S2. The number of carbonyl (C=O) groups excluding carboxylic acids is 1. The Bertz CT molecular complexity index is 832. The van der Waals surface area contributed by atoms with Gasteiger partial charge in [-0.2, -0.15) is 0 Å². The van der Waals surface area contributed by atoms with Crippen LogP contribution in [0.4, 0.5) is 5.69 Å². The molecule has 0 saturated heterocycles. The Hall–Kier alpha value is -1.91. The molecule has 1 unspecified atom stereocenters. The van der Waals surface area contributed by atoms with E-state index in [-0.39, 0.29) is 16.7 Å². The largest absolute Gasteiger partial charge is 0.325 e. The van der Waals surface area contributed by atoms with E-state index < -0.39 is 15.3 Å². The van der Waals surface area contributed by atoms with Gasteiger partial charge in [-0.05, 0) is 25.1 Å². The monoisotopic (exact) mass is 369 g/mol. The number of nitrogens with one attached hydrogen (secondary N) is 2. The van der Waals surface area contributed by atoms with Crippen LogP contribution in [-0.4, -0.2) is 34.8 Å². The topological polar surface area (TPSA) is 131 Å². The first-order valence-corrected chi connectivity index (χ1v) is 9.62. The number of H-pyrrole nitrogens is 1. The zero-order valence-corrected chi connectivity index (χ0v) is 15.1. The predicted molar refractivity (Wildman–Crippen MR) is 92.2 cm³/mol. The number of carbonyl (C=O) groups is 1. The van der Waals surface area contributed by atoms with Crippen molar-refractivity contribution in [2.45, 2.75) is 42.0 Å². The third-order valence-corrected chi connectivity index (χ3v) is 4.98. The highest BCUT2D eigenvalue weighted by Crippen LogP contribution is 2.22. The van der Waals surface area contributed by atoms with Gasteiger partial charge >= 0.3 is 0 Å². The molecule has 0 bridgehead atoms. The number of hydrogen-bond acceptors (Lipinski definition) is 6. The van der Waals surface area contributed by atoms with E-state index in [0.717, 1.165) is 5.82 Å². The van der Waals surface area contributed by atoms with Crippen molar-refractivity contribution in [3.8, 4) is 0 Å². The van der Waals surface area contributed by atoms with Crippen molar-refractivity contribution in [3.63, 3.8) is 0 Å². The second-order valence-corrected chi connectivity index (χ2v) is 8.35. The highest BCUT2D eigenvalue weighted by Gasteiger charge is 2.18. The lowest BCUT2D eigenvalue weighted by Gasteiger charge is -2.10. The van der Waals surface area contributed by atoms with Crippen LogP contribution < -0.4 is 10.5 Å². The van der Waals surface area contributed by atoms with Crippen LogP contribution in [-0.2, 0) is 14.8 Å². The SMILES string of the molecule is CC(Sc1n[nH]c(C(C)C)n1)C(=O)Nc1cccc(S(N)(=O)=O)c1. The van der Waals surface area contributed by atoms with Gasteiger partial charge in [0.15, 0.2) is 0 Å². The van der Waals surface area contributed by atoms with E-state index in [0.29, 0.717) is 10.8 Å². The zero-order chi connectivity index (χ0) is 17.9. The number of hydrogen-bond donors (Lipinski definition) is 3.